The summed E-state index contributed by atoms with van der Waals surface area (Å²) in [5.41, 5.74) is 0. The number of hydrogen-bond acceptors (Lipinski definition) is 3. The van der Waals surface area contributed by atoms with E-state index in [2.05, 4.69) is 19.2 Å². The number of nitrogens with one attached hydrogen (secondary N) is 1. The molecule has 15 heavy (non-hydrogen) atoms. The average Bonchev–Trinajstić information content (AvgIpc) is 2.54. The van der Waals surface area contributed by atoms with Gasteiger partial charge >= 0.3 is 0 Å². The summed E-state index contributed by atoms with van der Waals surface area (Å²) in [5.74, 6) is 0.896. The number of hydrogen-bond donors (Lipinski definition) is 1. The summed E-state index contributed by atoms with van der Waals surface area (Å²) < 4.78 is 4.86. The van der Waals surface area contributed by atoms with Gasteiger partial charge in [-0.05, 0) is 43.7 Å². The van der Waals surface area contributed by atoms with Crippen LogP contribution in [0.5, 0.6) is 0 Å². The molecule has 1 heterocycles. The van der Waals surface area contributed by atoms with E-state index in [0.29, 0.717) is 5.76 Å². The molecule has 0 unspecified atom stereocenters. The fourth-order valence-electron chi connectivity index (χ4n) is 0.790. The van der Waals surface area contributed by atoms with Crippen molar-refractivity contribution in [2.75, 3.05) is 13.1 Å². The molecule has 0 atom stereocenters. The van der Waals surface area contributed by atoms with Crippen LogP contribution in [0.1, 0.15) is 30.2 Å². The lowest BCUT2D eigenvalue weighted by molar-refractivity contribution is 0.105. The van der Waals surface area contributed by atoms with Gasteiger partial charge in [-0.3, -0.25) is 4.79 Å². The van der Waals surface area contributed by atoms with Crippen molar-refractivity contribution in [2.45, 2.75) is 20.8 Å². The Balaban J connectivity index is 0. The highest BCUT2D eigenvalue weighted by Crippen LogP contribution is 2.08. The first-order valence-electron chi connectivity index (χ1n) is 4.58. The van der Waals surface area contributed by atoms with Crippen LogP contribution in [-0.2, 0) is 0 Å². The summed E-state index contributed by atoms with van der Waals surface area (Å²) in [6, 6.07) is 3.24. The Morgan fingerprint density at radius 1 is 1.40 bits per heavy atom. The van der Waals surface area contributed by atoms with Crippen molar-refractivity contribution in [3.8, 4) is 0 Å². The summed E-state index contributed by atoms with van der Waals surface area (Å²) >= 11 is 5.08. The van der Waals surface area contributed by atoms with Crippen LogP contribution in [0.2, 0.25) is 0 Å². The highest BCUT2D eigenvalue weighted by Gasteiger charge is 2.03. The van der Waals surface area contributed by atoms with E-state index in [1.165, 1.54) is 0 Å². The molecule has 1 aromatic heterocycles. The van der Waals surface area contributed by atoms with Gasteiger partial charge in [0.1, 0.15) is 5.76 Å². The van der Waals surface area contributed by atoms with E-state index in [4.69, 9.17) is 16.0 Å². The zero-order chi connectivity index (χ0) is 11.0. The van der Waals surface area contributed by atoms with E-state index in [9.17, 15) is 4.79 Å². The zero-order valence-corrected chi connectivity index (χ0v) is 10.7. The predicted octanol–water partition coefficient (Wildman–Crippen LogP) is 3.00. The zero-order valence-electron chi connectivity index (χ0n) is 9.17. The Morgan fingerprint density at radius 2 is 1.93 bits per heavy atom. The molecule has 0 bridgehead atoms. The molecule has 0 radical (unpaired) electrons. The lowest BCUT2D eigenvalue weighted by atomic mass is 10.4. The fourth-order valence-corrected chi connectivity index (χ4v) is 0.892. The van der Waals surface area contributed by atoms with E-state index in [0.717, 1.165) is 13.1 Å². The molecular formula is C10H17Cl2NO2. The van der Waals surface area contributed by atoms with E-state index in [1.807, 2.05) is 0 Å². The number of rotatable bonds is 3. The van der Waals surface area contributed by atoms with Crippen LogP contribution < -0.4 is 5.32 Å². The molecular weight excluding hydrogens is 237 g/mol. The molecule has 5 heteroatoms. The van der Waals surface area contributed by atoms with Crippen molar-refractivity contribution >= 4 is 29.3 Å². The fraction of sp³-hybridized carbons (Fsp3) is 0.500. The van der Waals surface area contributed by atoms with E-state index in [-0.39, 0.29) is 18.2 Å². The third-order valence-corrected chi connectivity index (χ3v) is 1.62. The van der Waals surface area contributed by atoms with E-state index in [1.54, 1.807) is 19.1 Å². The normalized spacial score (nSPS) is 8.53. The Labute approximate surface area is 102 Å². The van der Waals surface area contributed by atoms with Gasteiger partial charge in [0.2, 0.25) is 0 Å². The van der Waals surface area contributed by atoms with Gasteiger partial charge in [-0.1, -0.05) is 13.8 Å². The minimum absolute atomic E-state index is 0. The minimum atomic E-state index is -0.553. The molecule has 0 spiro atoms. The predicted molar refractivity (Wildman–Crippen MR) is 65.1 cm³/mol. The number of furan rings is 1. The first-order chi connectivity index (χ1) is 6.61. The molecule has 1 N–H and O–H groups in total. The summed E-state index contributed by atoms with van der Waals surface area (Å²) in [4.78, 5) is 10.3. The Bertz CT molecular complexity index is 272. The number of halogens is 2. The van der Waals surface area contributed by atoms with Crippen LogP contribution in [-0.4, -0.2) is 18.3 Å². The number of carbonyl (C=O) groups excluding carboxylic acids is 1. The number of aryl methyl sites for hydroxylation is 1. The average molecular weight is 254 g/mol. The largest absolute Gasteiger partial charge is 0.457 e. The topological polar surface area (TPSA) is 42.2 Å². The lowest BCUT2D eigenvalue weighted by Crippen LogP contribution is -2.09. The third kappa shape index (κ3) is 8.48. The molecule has 0 aliphatic heterocycles. The van der Waals surface area contributed by atoms with Gasteiger partial charge in [0.15, 0.2) is 5.76 Å². The molecule has 1 rings (SSSR count). The summed E-state index contributed by atoms with van der Waals surface area (Å²) in [6.45, 7) is 8.14. The van der Waals surface area contributed by atoms with Crippen molar-refractivity contribution in [3.05, 3.63) is 23.7 Å². The third-order valence-electron chi connectivity index (χ3n) is 1.43. The van der Waals surface area contributed by atoms with Gasteiger partial charge in [0.05, 0.1) is 0 Å². The monoisotopic (exact) mass is 253 g/mol. The maximum absolute atomic E-state index is 10.3. The molecule has 0 aliphatic carbocycles. The standard InChI is InChI=1S/C6H5ClO2.C4H11N.ClH/c1-4-2-3-5(9-4)6(7)8;1-3-5-4-2;/h2-3H,1H3;5H,3-4H2,1-2H3;1H. The second-order valence-corrected chi connectivity index (χ2v) is 2.98. The Morgan fingerprint density at radius 3 is 2.07 bits per heavy atom. The maximum Gasteiger partial charge on any atom is 0.287 e. The molecule has 0 aromatic carbocycles. The molecule has 0 saturated carbocycles. The van der Waals surface area contributed by atoms with E-state index < -0.39 is 5.24 Å². The molecule has 1 aromatic rings. The van der Waals surface area contributed by atoms with Gasteiger partial charge in [0, 0.05) is 0 Å². The van der Waals surface area contributed by atoms with Crippen molar-refractivity contribution < 1.29 is 9.21 Å². The van der Waals surface area contributed by atoms with Crippen molar-refractivity contribution in [3.63, 3.8) is 0 Å². The van der Waals surface area contributed by atoms with Gasteiger partial charge in [-0.2, -0.15) is 0 Å². The highest BCUT2D eigenvalue weighted by atomic mass is 35.5. The van der Waals surface area contributed by atoms with Crippen LogP contribution in [0.15, 0.2) is 16.5 Å². The lowest BCUT2D eigenvalue weighted by Gasteiger charge is -1.86. The second kappa shape index (κ2) is 10.0. The van der Waals surface area contributed by atoms with Gasteiger partial charge in [0.25, 0.3) is 5.24 Å². The van der Waals surface area contributed by atoms with Crippen LogP contribution >= 0.6 is 24.0 Å². The van der Waals surface area contributed by atoms with Crippen molar-refractivity contribution in [1.29, 1.82) is 0 Å². The summed E-state index contributed by atoms with van der Waals surface area (Å²) in [6.07, 6.45) is 0. The molecule has 0 saturated heterocycles. The molecule has 0 aliphatic rings. The summed E-state index contributed by atoms with van der Waals surface area (Å²) in [7, 11) is 0. The van der Waals surface area contributed by atoms with Crippen molar-refractivity contribution in [2.24, 2.45) is 0 Å². The smallest absolute Gasteiger partial charge is 0.287 e. The molecule has 3 nitrogen and oxygen atoms in total. The van der Waals surface area contributed by atoms with E-state index >= 15 is 0 Å². The Kier molecular flexibility index (Phi) is 11.3. The van der Waals surface area contributed by atoms with Crippen molar-refractivity contribution in [1.82, 2.24) is 5.32 Å². The molecule has 0 amide bonds. The van der Waals surface area contributed by atoms with Crippen LogP contribution in [0.25, 0.3) is 0 Å². The van der Waals surface area contributed by atoms with Crippen LogP contribution in [0, 0.1) is 6.92 Å². The van der Waals surface area contributed by atoms with Crippen LogP contribution in [0.4, 0.5) is 0 Å². The minimum Gasteiger partial charge on any atom is -0.457 e. The van der Waals surface area contributed by atoms with Crippen LogP contribution in [0.3, 0.4) is 0 Å². The first-order valence-corrected chi connectivity index (χ1v) is 4.96. The highest BCUT2D eigenvalue weighted by molar-refractivity contribution is 6.67. The van der Waals surface area contributed by atoms with Gasteiger partial charge < -0.3 is 9.73 Å². The van der Waals surface area contributed by atoms with Gasteiger partial charge in [-0.25, -0.2) is 0 Å². The summed E-state index contributed by atoms with van der Waals surface area (Å²) in [5, 5.41) is 2.56. The second-order valence-electron chi connectivity index (χ2n) is 2.64. The molecule has 0 fully saturated rings. The Hall–Kier alpha value is -0.510. The molecule has 88 valence electrons. The number of carbonyl (C=O) groups is 1. The quantitative estimate of drug-likeness (QED) is 0.843. The maximum atomic E-state index is 10.3. The SMILES string of the molecule is CCNCC.Cc1ccc(C(=O)Cl)o1.Cl. The van der Waals surface area contributed by atoms with Gasteiger partial charge in [-0.15, -0.1) is 12.4 Å². The first kappa shape index (κ1) is 16.9.